The Hall–Kier alpha value is -1.38. The Balaban J connectivity index is 2.03. The zero-order valence-electron chi connectivity index (χ0n) is 13.7. The Labute approximate surface area is 129 Å². The smallest absolute Gasteiger partial charge is 0.0224 e. The van der Waals surface area contributed by atoms with E-state index >= 15 is 0 Å². The summed E-state index contributed by atoms with van der Waals surface area (Å²) >= 11 is 0. The summed E-state index contributed by atoms with van der Waals surface area (Å²) in [6.07, 6.45) is 8.29. The molecule has 2 nitrogen and oxygen atoms in total. The predicted octanol–water partition coefficient (Wildman–Crippen LogP) is 3.85. The highest BCUT2D eigenvalue weighted by Crippen LogP contribution is 2.29. The first-order chi connectivity index (χ1) is 10.2. The van der Waals surface area contributed by atoms with Crippen LogP contribution in [0.5, 0.6) is 0 Å². The van der Waals surface area contributed by atoms with Crippen molar-refractivity contribution in [3.63, 3.8) is 0 Å². The van der Waals surface area contributed by atoms with Gasteiger partial charge in [0.05, 0.1) is 0 Å². The first kappa shape index (κ1) is 16.0. The van der Waals surface area contributed by atoms with Gasteiger partial charge in [0.1, 0.15) is 0 Å². The van der Waals surface area contributed by atoms with Crippen molar-refractivity contribution in [1.29, 1.82) is 0 Å². The molecule has 0 radical (unpaired) electrons. The van der Waals surface area contributed by atoms with Crippen LogP contribution in [-0.2, 0) is 6.54 Å². The molecule has 0 heterocycles. The van der Waals surface area contributed by atoms with E-state index in [1.54, 1.807) is 0 Å². The third-order valence-corrected chi connectivity index (χ3v) is 3.83. The Kier molecular flexibility index (Phi) is 6.21. The minimum atomic E-state index is 0.969. The summed E-state index contributed by atoms with van der Waals surface area (Å²) in [7, 11) is 4.25. The number of nitrogens with zero attached hydrogens (tertiary/aromatic N) is 1. The molecule has 0 amide bonds. The van der Waals surface area contributed by atoms with E-state index in [-0.39, 0.29) is 0 Å². The highest BCUT2D eigenvalue weighted by atomic mass is 15.0. The largest absolute Gasteiger partial charge is 0.313 e. The van der Waals surface area contributed by atoms with Crippen molar-refractivity contribution in [2.75, 3.05) is 27.2 Å². The zero-order valence-corrected chi connectivity index (χ0v) is 13.7. The third kappa shape index (κ3) is 4.83. The number of nitrogens with one attached hydrogen (secondary N) is 1. The molecular formula is C19H28N2. The van der Waals surface area contributed by atoms with Gasteiger partial charge < -0.3 is 10.2 Å². The summed E-state index contributed by atoms with van der Waals surface area (Å²) in [6.45, 7) is 5.34. The average Bonchev–Trinajstić information content (AvgIpc) is 2.91. The van der Waals surface area contributed by atoms with Gasteiger partial charge in [0, 0.05) is 13.1 Å². The fourth-order valence-electron chi connectivity index (χ4n) is 2.76. The first-order valence-corrected chi connectivity index (χ1v) is 8.04. The maximum Gasteiger partial charge on any atom is 0.0224 e. The van der Waals surface area contributed by atoms with Crippen molar-refractivity contribution < 1.29 is 0 Å². The second kappa shape index (κ2) is 8.16. The number of rotatable bonds is 8. The zero-order chi connectivity index (χ0) is 15.1. The molecule has 2 rings (SSSR count). The molecule has 2 heteroatoms. The van der Waals surface area contributed by atoms with Gasteiger partial charge in [-0.1, -0.05) is 49.8 Å². The number of allylic oxidation sites excluding steroid dienone is 2. The quantitative estimate of drug-likeness (QED) is 0.729. The lowest BCUT2D eigenvalue weighted by Gasteiger charge is -2.12. The molecule has 1 aromatic carbocycles. The van der Waals surface area contributed by atoms with Crippen molar-refractivity contribution in [1.82, 2.24) is 10.2 Å². The molecule has 0 unspecified atom stereocenters. The van der Waals surface area contributed by atoms with Gasteiger partial charge in [-0.15, -0.1) is 0 Å². The number of unbranched alkanes of at least 4 members (excludes halogenated alkanes) is 1. The minimum absolute atomic E-state index is 0.969. The van der Waals surface area contributed by atoms with Crippen LogP contribution in [0.15, 0.2) is 42.0 Å². The van der Waals surface area contributed by atoms with Gasteiger partial charge in [0.15, 0.2) is 0 Å². The summed E-state index contributed by atoms with van der Waals surface area (Å²) < 4.78 is 0. The van der Waals surface area contributed by atoms with Crippen molar-refractivity contribution in [3.8, 4) is 0 Å². The van der Waals surface area contributed by atoms with Crippen LogP contribution in [0.3, 0.4) is 0 Å². The molecule has 0 aliphatic heterocycles. The maximum atomic E-state index is 3.56. The van der Waals surface area contributed by atoms with E-state index < -0.39 is 0 Å². The van der Waals surface area contributed by atoms with Gasteiger partial charge in [0.2, 0.25) is 0 Å². The molecule has 0 fully saturated rings. The molecule has 0 bridgehead atoms. The molecule has 1 aromatic rings. The number of hydrogen-bond acceptors (Lipinski definition) is 2. The summed E-state index contributed by atoms with van der Waals surface area (Å²) in [5, 5.41) is 3.56. The van der Waals surface area contributed by atoms with Crippen molar-refractivity contribution >= 4 is 5.57 Å². The predicted molar refractivity (Wildman–Crippen MR) is 92.3 cm³/mol. The average molecular weight is 284 g/mol. The molecule has 0 spiro atoms. The second-order valence-electron chi connectivity index (χ2n) is 6.08. The van der Waals surface area contributed by atoms with Gasteiger partial charge in [-0.2, -0.15) is 0 Å². The summed E-state index contributed by atoms with van der Waals surface area (Å²) in [5.41, 5.74) is 5.72. The fraction of sp³-hybridized carbons (Fsp3) is 0.474. The lowest BCUT2D eigenvalue weighted by atomic mass is 9.99. The van der Waals surface area contributed by atoms with E-state index in [0.717, 1.165) is 26.1 Å². The van der Waals surface area contributed by atoms with Crippen molar-refractivity contribution in [2.24, 2.45) is 0 Å². The molecule has 0 saturated carbocycles. The van der Waals surface area contributed by atoms with Gasteiger partial charge in [-0.05, 0) is 55.8 Å². The molecule has 1 aliphatic rings. The third-order valence-electron chi connectivity index (χ3n) is 3.83. The van der Waals surface area contributed by atoms with Crippen LogP contribution in [0.4, 0.5) is 0 Å². The van der Waals surface area contributed by atoms with Gasteiger partial charge in [-0.25, -0.2) is 0 Å². The highest BCUT2D eigenvalue weighted by Gasteiger charge is 2.12. The Morgan fingerprint density at radius 1 is 1.19 bits per heavy atom. The van der Waals surface area contributed by atoms with E-state index in [9.17, 15) is 0 Å². The van der Waals surface area contributed by atoms with Gasteiger partial charge in [-0.3, -0.25) is 0 Å². The maximum absolute atomic E-state index is 3.56. The number of likely N-dealkylation sites (N-methyl/N-ethyl adjacent to an activating group) is 1. The van der Waals surface area contributed by atoms with Crippen LogP contribution in [0.1, 0.15) is 37.3 Å². The number of hydrogen-bond donors (Lipinski definition) is 1. The van der Waals surface area contributed by atoms with Crippen molar-refractivity contribution in [2.45, 2.75) is 32.7 Å². The fourth-order valence-corrected chi connectivity index (χ4v) is 2.76. The van der Waals surface area contributed by atoms with E-state index in [4.69, 9.17) is 0 Å². The minimum Gasteiger partial charge on any atom is -0.313 e. The molecule has 21 heavy (non-hydrogen) atoms. The van der Waals surface area contributed by atoms with Crippen molar-refractivity contribution in [3.05, 3.63) is 53.1 Å². The van der Waals surface area contributed by atoms with Crippen LogP contribution >= 0.6 is 0 Å². The van der Waals surface area contributed by atoms with Crippen LogP contribution in [0, 0.1) is 0 Å². The summed E-state index contributed by atoms with van der Waals surface area (Å²) in [5.74, 6) is 0. The highest BCUT2D eigenvalue weighted by molar-refractivity contribution is 5.74. The van der Waals surface area contributed by atoms with E-state index in [1.807, 2.05) is 0 Å². The standard InChI is InChI=1S/C19H28N2/c1-4-5-12-20-14-18-8-6-7-9-19(18)17-11-10-16(13-17)15-21(2)3/h6-10,13,20H,4-5,11-12,14-15H2,1-3H3. The first-order valence-electron chi connectivity index (χ1n) is 8.04. The summed E-state index contributed by atoms with van der Waals surface area (Å²) in [6, 6.07) is 8.80. The van der Waals surface area contributed by atoms with Crippen LogP contribution in [0.2, 0.25) is 0 Å². The normalized spacial score (nSPS) is 14.5. The topological polar surface area (TPSA) is 15.3 Å². The van der Waals surface area contributed by atoms with E-state index in [0.29, 0.717) is 0 Å². The SMILES string of the molecule is CCCCNCc1ccccc1C1=CC(CN(C)C)=CC1. The Morgan fingerprint density at radius 2 is 2.00 bits per heavy atom. The van der Waals surface area contributed by atoms with Crippen LogP contribution in [0.25, 0.3) is 5.57 Å². The molecule has 0 saturated heterocycles. The van der Waals surface area contributed by atoms with Crippen LogP contribution < -0.4 is 5.32 Å². The molecule has 0 aromatic heterocycles. The molecule has 1 N–H and O–H groups in total. The lowest BCUT2D eigenvalue weighted by molar-refractivity contribution is 0.449. The molecule has 1 aliphatic carbocycles. The molecule has 0 atom stereocenters. The molecular weight excluding hydrogens is 256 g/mol. The Morgan fingerprint density at radius 3 is 2.76 bits per heavy atom. The molecule has 114 valence electrons. The van der Waals surface area contributed by atoms with Gasteiger partial charge >= 0.3 is 0 Å². The van der Waals surface area contributed by atoms with E-state index in [1.165, 1.54) is 35.1 Å². The van der Waals surface area contributed by atoms with E-state index in [2.05, 4.69) is 67.7 Å². The lowest BCUT2D eigenvalue weighted by Crippen LogP contribution is -2.15. The second-order valence-corrected chi connectivity index (χ2v) is 6.08. The van der Waals surface area contributed by atoms with Gasteiger partial charge in [0.25, 0.3) is 0 Å². The monoisotopic (exact) mass is 284 g/mol. The van der Waals surface area contributed by atoms with Crippen LogP contribution in [-0.4, -0.2) is 32.1 Å². The summed E-state index contributed by atoms with van der Waals surface area (Å²) in [4.78, 5) is 2.23. The number of benzene rings is 1. The Bertz CT molecular complexity index is 512.